The van der Waals surface area contributed by atoms with Gasteiger partial charge < -0.3 is 19.6 Å². The van der Waals surface area contributed by atoms with Crippen LogP contribution in [0.4, 0.5) is 11.4 Å². The predicted molar refractivity (Wildman–Crippen MR) is 118 cm³/mol. The maximum atomic E-state index is 13.2. The SMILES string of the molecule is CCC(O)c1c(C)oc2c(NC(=O)c3c(C(=O)OC(C)C)cccc3[N+](=O)[O-])cccc12. The Bertz CT molecular complexity index is 1200. The number of carbonyl (C=O) groups is 2. The lowest BCUT2D eigenvalue weighted by molar-refractivity contribution is -0.385. The lowest BCUT2D eigenvalue weighted by Gasteiger charge is -2.12. The van der Waals surface area contributed by atoms with Gasteiger partial charge in [0.25, 0.3) is 11.6 Å². The number of rotatable bonds is 7. The van der Waals surface area contributed by atoms with Gasteiger partial charge in [0, 0.05) is 17.0 Å². The van der Waals surface area contributed by atoms with Crippen molar-refractivity contribution in [2.24, 2.45) is 0 Å². The van der Waals surface area contributed by atoms with Gasteiger partial charge in [-0.15, -0.1) is 0 Å². The summed E-state index contributed by atoms with van der Waals surface area (Å²) in [5.74, 6) is -1.19. The van der Waals surface area contributed by atoms with Crippen molar-refractivity contribution in [3.8, 4) is 0 Å². The summed E-state index contributed by atoms with van der Waals surface area (Å²) >= 11 is 0. The van der Waals surface area contributed by atoms with Crippen molar-refractivity contribution in [3.63, 3.8) is 0 Å². The van der Waals surface area contributed by atoms with Gasteiger partial charge in [0.15, 0.2) is 5.58 Å². The number of fused-ring (bicyclic) bond motifs is 1. The van der Waals surface area contributed by atoms with Crippen LogP contribution in [-0.2, 0) is 4.74 Å². The molecule has 3 rings (SSSR count). The molecule has 0 saturated carbocycles. The summed E-state index contributed by atoms with van der Waals surface area (Å²) < 4.78 is 10.9. The lowest BCUT2D eigenvalue weighted by atomic mass is 10.0. The number of esters is 1. The highest BCUT2D eigenvalue weighted by atomic mass is 16.6. The molecule has 1 aromatic heterocycles. The molecule has 0 saturated heterocycles. The number of anilines is 1. The smallest absolute Gasteiger partial charge is 0.339 e. The molecule has 0 fully saturated rings. The van der Waals surface area contributed by atoms with Gasteiger partial charge in [-0.3, -0.25) is 14.9 Å². The predicted octanol–water partition coefficient (Wildman–Crippen LogP) is 4.91. The van der Waals surface area contributed by atoms with Crippen LogP contribution in [0, 0.1) is 17.0 Å². The van der Waals surface area contributed by atoms with Crippen molar-refractivity contribution in [3.05, 3.63) is 69.0 Å². The first-order chi connectivity index (χ1) is 15.1. The van der Waals surface area contributed by atoms with E-state index in [2.05, 4.69) is 5.32 Å². The zero-order valence-electron chi connectivity index (χ0n) is 18.2. The molecule has 0 radical (unpaired) electrons. The van der Waals surface area contributed by atoms with E-state index in [-0.39, 0.29) is 11.3 Å². The molecular weight excluding hydrogens is 416 g/mol. The normalized spacial score (nSPS) is 12.1. The molecule has 3 aromatic rings. The number of hydrogen-bond acceptors (Lipinski definition) is 7. The third kappa shape index (κ3) is 4.33. The zero-order valence-corrected chi connectivity index (χ0v) is 18.2. The minimum Gasteiger partial charge on any atom is -0.459 e. The van der Waals surface area contributed by atoms with Gasteiger partial charge in [-0.05, 0) is 39.3 Å². The fourth-order valence-corrected chi connectivity index (χ4v) is 3.54. The quantitative estimate of drug-likeness (QED) is 0.303. The molecule has 0 aliphatic heterocycles. The summed E-state index contributed by atoms with van der Waals surface area (Å²) in [5.41, 5.74) is 0.0563. The molecule has 1 unspecified atom stereocenters. The number of aliphatic hydroxyl groups excluding tert-OH is 1. The molecule has 32 heavy (non-hydrogen) atoms. The Balaban J connectivity index is 2.09. The largest absolute Gasteiger partial charge is 0.459 e. The second-order valence-electron chi connectivity index (χ2n) is 7.54. The van der Waals surface area contributed by atoms with Crippen LogP contribution in [-0.4, -0.2) is 28.0 Å². The fourth-order valence-electron chi connectivity index (χ4n) is 3.54. The number of ether oxygens (including phenoxy) is 1. The van der Waals surface area contributed by atoms with Gasteiger partial charge >= 0.3 is 5.97 Å². The van der Waals surface area contributed by atoms with Gasteiger partial charge in [0.2, 0.25) is 0 Å². The Morgan fingerprint density at radius 3 is 2.53 bits per heavy atom. The van der Waals surface area contributed by atoms with Crippen molar-refractivity contribution < 1.29 is 28.8 Å². The molecule has 2 N–H and O–H groups in total. The number of para-hydroxylation sites is 1. The van der Waals surface area contributed by atoms with Crippen LogP contribution >= 0.6 is 0 Å². The first kappa shape index (κ1) is 23.0. The molecule has 9 nitrogen and oxygen atoms in total. The van der Waals surface area contributed by atoms with E-state index < -0.39 is 40.3 Å². The second kappa shape index (κ2) is 9.19. The molecule has 0 aliphatic rings. The maximum absolute atomic E-state index is 13.2. The molecule has 9 heteroatoms. The first-order valence-electron chi connectivity index (χ1n) is 10.2. The monoisotopic (exact) mass is 440 g/mol. The molecule has 1 atom stereocenters. The van der Waals surface area contributed by atoms with Crippen LogP contribution in [0.2, 0.25) is 0 Å². The molecule has 168 valence electrons. The summed E-state index contributed by atoms with van der Waals surface area (Å²) in [5, 5.41) is 25.2. The average Bonchev–Trinajstić information content (AvgIpc) is 3.08. The van der Waals surface area contributed by atoms with Crippen LogP contribution in [0.25, 0.3) is 11.0 Å². The third-order valence-corrected chi connectivity index (χ3v) is 4.94. The molecule has 2 aromatic carbocycles. The van der Waals surface area contributed by atoms with E-state index in [9.17, 15) is 24.8 Å². The second-order valence-corrected chi connectivity index (χ2v) is 7.54. The highest BCUT2D eigenvalue weighted by molar-refractivity contribution is 6.15. The molecule has 0 spiro atoms. The molecular formula is C23H24N2O7. The summed E-state index contributed by atoms with van der Waals surface area (Å²) in [6.45, 7) is 6.82. The highest BCUT2D eigenvalue weighted by Gasteiger charge is 2.29. The molecule has 1 heterocycles. The molecule has 0 bridgehead atoms. The number of hydrogen-bond donors (Lipinski definition) is 2. The van der Waals surface area contributed by atoms with E-state index in [1.165, 1.54) is 12.1 Å². The number of nitrogens with zero attached hydrogens (tertiary/aromatic N) is 1. The summed E-state index contributed by atoms with van der Waals surface area (Å²) in [6, 6.07) is 8.78. The minimum atomic E-state index is -0.854. The Morgan fingerprint density at radius 2 is 1.91 bits per heavy atom. The van der Waals surface area contributed by atoms with Crippen molar-refractivity contribution in [2.45, 2.75) is 46.3 Å². The van der Waals surface area contributed by atoms with Gasteiger partial charge in [-0.2, -0.15) is 0 Å². The van der Waals surface area contributed by atoms with Crippen molar-refractivity contribution >= 4 is 34.2 Å². The number of amides is 1. The minimum absolute atomic E-state index is 0.213. The van der Waals surface area contributed by atoms with Crippen LogP contribution in [0.15, 0.2) is 40.8 Å². The molecule has 0 aliphatic carbocycles. The highest BCUT2D eigenvalue weighted by Crippen LogP contribution is 2.36. The van der Waals surface area contributed by atoms with E-state index in [1.54, 1.807) is 39.0 Å². The summed E-state index contributed by atoms with van der Waals surface area (Å²) in [7, 11) is 0. The number of nitro groups is 1. The molecule has 1 amide bonds. The number of carbonyl (C=O) groups excluding carboxylic acids is 2. The van der Waals surface area contributed by atoms with Crippen LogP contribution in [0.1, 0.15) is 65.3 Å². The maximum Gasteiger partial charge on any atom is 0.339 e. The standard InChI is InChI=1S/C23H24N2O7/c1-5-18(26)19-13(4)32-21-14(19)8-6-10-16(21)24-22(27)20-15(23(28)31-12(2)3)9-7-11-17(20)25(29)30/h6-12,18,26H,5H2,1-4H3,(H,24,27). The first-order valence-corrected chi connectivity index (χ1v) is 10.2. The van der Waals surface area contributed by atoms with Crippen LogP contribution in [0.3, 0.4) is 0 Å². The topological polar surface area (TPSA) is 132 Å². The Kier molecular flexibility index (Phi) is 6.59. The van der Waals surface area contributed by atoms with Crippen molar-refractivity contribution in [1.82, 2.24) is 0 Å². The zero-order chi connectivity index (χ0) is 23.6. The number of nitrogens with one attached hydrogen (secondary N) is 1. The van der Waals surface area contributed by atoms with Gasteiger partial charge in [0.05, 0.1) is 28.4 Å². The summed E-state index contributed by atoms with van der Waals surface area (Å²) in [6.07, 6.45) is -0.736. The number of furan rings is 1. The van der Waals surface area contributed by atoms with E-state index in [4.69, 9.17) is 9.15 Å². The Hall–Kier alpha value is -3.72. The summed E-state index contributed by atoms with van der Waals surface area (Å²) in [4.78, 5) is 36.5. The van der Waals surface area contributed by atoms with Crippen molar-refractivity contribution in [1.29, 1.82) is 0 Å². The van der Waals surface area contributed by atoms with Crippen LogP contribution in [0.5, 0.6) is 0 Å². The number of aliphatic hydroxyl groups is 1. The van der Waals surface area contributed by atoms with E-state index in [1.807, 2.05) is 6.92 Å². The van der Waals surface area contributed by atoms with Crippen molar-refractivity contribution in [2.75, 3.05) is 5.32 Å². The number of benzene rings is 2. The number of nitro benzene ring substituents is 1. The average molecular weight is 440 g/mol. The van der Waals surface area contributed by atoms with E-state index in [0.717, 1.165) is 6.07 Å². The Morgan fingerprint density at radius 1 is 1.22 bits per heavy atom. The Labute approximate surface area is 184 Å². The number of aryl methyl sites for hydroxylation is 1. The van der Waals surface area contributed by atoms with Crippen LogP contribution < -0.4 is 5.32 Å². The third-order valence-electron chi connectivity index (χ3n) is 4.94. The van der Waals surface area contributed by atoms with Gasteiger partial charge in [0.1, 0.15) is 11.3 Å². The van der Waals surface area contributed by atoms with E-state index >= 15 is 0 Å². The van der Waals surface area contributed by atoms with E-state index in [0.29, 0.717) is 28.7 Å². The fraction of sp³-hybridized carbons (Fsp3) is 0.304. The lowest BCUT2D eigenvalue weighted by Crippen LogP contribution is -2.21. The van der Waals surface area contributed by atoms with Gasteiger partial charge in [-0.1, -0.05) is 25.1 Å². The van der Waals surface area contributed by atoms with Gasteiger partial charge in [-0.25, -0.2) is 4.79 Å².